The van der Waals surface area contributed by atoms with Crippen molar-refractivity contribution >= 4 is 11.7 Å². The van der Waals surface area contributed by atoms with Gasteiger partial charge >= 0.3 is 5.97 Å². The maximum absolute atomic E-state index is 13.8. The molecule has 0 bridgehead atoms. The van der Waals surface area contributed by atoms with Crippen LogP contribution in [0.4, 0.5) is 14.5 Å². The largest absolute Gasteiger partial charge is 0.478 e. The first-order chi connectivity index (χ1) is 9.32. The van der Waals surface area contributed by atoms with E-state index in [0.717, 1.165) is 12.3 Å². The summed E-state index contributed by atoms with van der Waals surface area (Å²) in [5.41, 5.74) is -1.70. The third-order valence-corrected chi connectivity index (χ3v) is 2.60. The lowest BCUT2D eigenvalue weighted by molar-refractivity contribution is -0.384. The standard InChI is InChI=1S/C11H7F2N3O4/c1-5-6(11(17)18)4-15(14-5)10-8(16(19)20)3-2-7(12)9(10)13/h2-4H,1H3,(H,17,18). The summed E-state index contributed by atoms with van der Waals surface area (Å²) in [6.07, 6.45) is 0.891. The highest BCUT2D eigenvalue weighted by molar-refractivity contribution is 5.88. The van der Waals surface area contributed by atoms with Gasteiger partial charge in [-0.3, -0.25) is 10.1 Å². The van der Waals surface area contributed by atoms with Gasteiger partial charge in [-0.2, -0.15) is 5.10 Å². The Morgan fingerprint density at radius 1 is 1.45 bits per heavy atom. The number of hydrogen-bond acceptors (Lipinski definition) is 4. The molecule has 0 amide bonds. The van der Waals surface area contributed by atoms with Crippen LogP contribution in [0, 0.1) is 28.7 Å². The van der Waals surface area contributed by atoms with Gasteiger partial charge in [0.1, 0.15) is 5.56 Å². The topological polar surface area (TPSA) is 98.3 Å². The Hall–Kier alpha value is -2.84. The number of nitro groups is 1. The predicted molar refractivity (Wildman–Crippen MR) is 61.8 cm³/mol. The third kappa shape index (κ3) is 2.09. The van der Waals surface area contributed by atoms with Crippen LogP contribution in [0.1, 0.15) is 16.1 Å². The number of carboxylic acids is 1. The molecule has 1 N–H and O–H groups in total. The van der Waals surface area contributed by atoms with Gasteiger partial charge in [-0.1, -0.05) is 0 Å². The molecule has 2 aromatic rings. The summed E-state index contributed by atoms with van der Waals surface area (Å²) < 4.78 is 27.6. The predicted octanol–water partition coefficient (Wildman–Crippen LogP) is 2.07. The Morgan fingerprint density at radius 2 is 2.10 bits per heavy atom. The van der Waals surface area contributed by atoms with Gasteiger partial charge in [0.25, 0.3) is 5.69 Å². The molecule has 7 nitrogen and oxygen atoms in total. The van der Waals surface area contributed by atoms with E-state index < -0.39 is 33.9 Å². The van der Waals surface area contributed by atoms with Gasteiger partial charge in [-0.15, -0.1) is 0 Å². The maximum Gasteiger partial charge on any atom is 0.339 e. The van der Waals surface area contributed by atoms with Crippen LogP contribution in [0.5, 0.6) is 0 Å². The van der Waals surface area contributed by atoms with Crippen molar-refractivity contribution in [3.63, 3.8) is 0 Å². The molecule has 0 saturated carbocycles. The fraction of sp³-hybridized carbons (Fsp3) is 0.0909. The van der Waals surface area contributed by atoms with Gasteiger partial charge in [0.15, 0.2) is 17.3 Å². The first-order valence-electron chi connectivity index (χ1n) is 5.25. The van der Waals surface area contributed by atoms with Gasteiger partial charge in [0.2, 0.25) is 0 Å². The van der Waals surface area contributed by atoms with Gasteiger partial charge in [-0.25, -0.2) is 18.3 Å². The van der Waals surface area contributed by atoms with Crippen molar-refractivity contribution in [1.29, 1.82) is 0 Å². The Morgan fingerprint density at radius 3 is 2.60 bits per heavy atom. The summed E-state index contributed by atoms with van der Waals surface area (Å²) in [7, 11) is 0. The monoisotopic (exact) mass is 283 g/mol. The SMILES string of the molecule is Cc1nn(-c2c([N+](=O)[O-])ccc(F)c2F)cc1C(=O)O. The third-order valence-electron chi connectivity index (χ3n) is 2.60. The van der Waals surface area contributed by atoms with Crippen molar-refractivity contribution in [2.24, 2.45) is 0 Å². The Labute approximate surface area is 110 Å². The van der Waals surface area contributed by atoms with Crippen LogP contribution in [-0.2, 0) is 0 Å². The number of aromatic carboxylic acids is 1. The molecule has 1 aromatic heterocycles. The van der Waals surface area contributed by atoms with Crippen LogP contribution >= 0.6 is 0 Å². The zero-order chi connectivity index (χ0) is 15.0. The molecule has 0 aliphatic rings. The number of benzene rings is 1. The second kappa shape index (κ2) is 4.68. The second-order valence-electron chi connectivity index (χ2n) is 3.86. The first kappa shape index (κ1) is 13.6. The Balaban J connectivity index is 2.74. The molecule has 9 heteroatoms. The number of carboxylic acid groups (broad SMARTS) is 1. The number of aromatic nitrogens is 2. The van der Waals surface area contributed by atoms with Gasteiger partial charge in [-0.05, 0) is 13.0 Å². The minimum atomic E-state index is -1.47. The van der Waals surface area contributed by atoms with Crippen molar-refractivity contribution in [2.45, 2.75) is 6.92 Å². The lowest BCUT2D eigenvalue weighted by Crippen LogP contribution is -2.06. The molecular formula is C11H7F2N3O4. The zero-order valence-electron chi connectivity index (χ0n) is 10.0. The van der Waals surface area contributed by atoms with Crippen molar-refractivity contribution in [3.8, 4) is 5.69 Å². The minimum absolute atomic E-state index is 0.0236. The number of aryl methyl sites for hydroxylation is 1. The van der Waals surface area contributed by atoms with E-state index in [2.05, 4.69) is 5.10 Å². The van der Waals surface area contributed by atoms with E-state index >= 15 is 0 Å². The van der Waals surface area contributed by atoms with E-state index in [1.165, 1.54) is 6.92 Å². The maximum atomic E-state index is 13.8. The highest BCUT2D eigenvalue weighted by Crippen LogP contribution is 2.27. The number of halogens is 2. The molecular weight excluding hydrogens is 276 g/mol. The van der Waals surface area contributed by atoms with E-state index in [0.29, 0.717) is 10.7 Å². The van der Waals surface area contributed by atoms with E-state index in [9.17, 15) is 23.7 Å². The molecule has 0 aliphatic carbocycles. The average molecular weight is 283 g/mol. The Kier molecular flexibility index (Phi) is 3.18. The summed E-state index contributed by atoms with van der Waals surface area (Å²) in [4.78, 5) is 20.8. The summed E-state index contributed by atoms with van der Waals surface area (Å²) >= 11 is 0. The highest BCUT2D eigenvalue weighted by atomic mass is 19.2. The zero-order valence-corrected chi connectivity index (χ0v) is 10.0. The molecule has 104 valence electrons. The lowest BCUT2D eigenvalue weighted by Gasteiger charge is -2.04. The van der Waals surface area contributed by atoms with Crippen molar-refractivity contribution < 1.29 is 23.6 Å². The molecule has 0 saturated heterocycles. The van der Waals surface area contributed by atoms with Crippen molar-refractivity contribution in [1.82, 2.24) is 9.78 Å². The number of nitro benzene ring substituents is 1. The second-order valence-corrected chi connectivity index (χ2v) is 3.86. The highest BCUT2D eigenvalue weighted by Gasteiger charge is 2.25. The van der Waals surface area contributed by atoms with Crippen LogP contribution < -0.4 is 0 Å². The fourth-order valence-electron chi connectivity index (χ4n) is 1.68. The van der Waals surface area contributed by atoms with Crippen molar-refractivity contribution in [2.75, 3.05) is 0 Å². The molecule has 20 heavy (non-hydrogen) atoms. The van der Waals surface area contributed by atoms with Crippen LogP contribution in [0.25, 0.3) is 5.69 Å². The number of nitrogens with zero attached hydrogens (tertiary/aromatic N) is 3. The summed E-state index contributed by atoms with van der Waals surface area (Å²) in [6.45, 7) is 1.34. The van der Waals surface area contributed by atoms with Gasteiger partial charge in [0, 0.05) is 12.3 Å². The van der Waals surface area contributed by atoms with E-state index in [-0.39, 0.29) is 11.3 Å². The lowest BCUT2D eigenvalue weighted by atomic mass is 10.2. The van der Waals surface area contributed by atoms with Crippen LogP contribution in [-0.4, -0.2) is 25.8 Å². The van der Waals surface area contributed by atoms with Crippen LogP contribution in [0.15, 0.2) is 18.3 Å². The molecule has 0 radical (unpaired) electrons. The number of rotatable bonds is 3. The normalized spacial score (nSPS) is 10.6. The van der Waals surface area contributed by atoms with Crippen molar-refractivity contribution in [3.05, 3.63) is 51.3 Å². The van der Waals surface area contributed by atoms with E-state index in [4.69, 9.17) is 5.11 Å². The van der Waals surface area contributed by atoms with Gasteiger partial charge in [0.05, 0.1) is 10.6 Å². The van der Waals surface area contributed by atoms with Gasteiger partial charge < -0.3 is 5.11 Å². The summed E-state index contributed by atoms with van der Waals surface area (Å²) in [6, 6.07) is 1.40. The fourth-order valence-corrected chi connectivity index (χ4v) is 1.68. The van der Waals surface area contributed by atoms with Crippen LogP contribution in [0.3, 0.4) is 0 Å². The molecule has 1 aromatic carbocycles. The summed E-state index contributed by atoms with van der Waals surface area (Å²) in [5, 5.41) is 23.4. The summed E-state index contributed by atoms with van der Waals surface area (Å²) in [5.74, 6) is -4.09. The molecule has 0 spiro atoms. The smallest absolute Gasteiger partial charge is 0.339 e. The number of carbonyl (C=O) groups is 1. The first-order valence-corrected chi connectivity index (χ1v) is 5.25. The Bertz CT molecular complexity index is 727. The molecule has 0 unspecified atom stereocenters. The molecule has 2 rings (SSSR count). The molecule has 0 atom stereocenters. The van der Waals surface area contributed by atoms with Crippen LogP contribution in [0.2, 0.25) is 0 Å². The quantitative estimate of drug-likeness (QED) is 0.686. The molecule has 1 heterocycles. The molecule has 0 aliphatic heterocycles. The average Bonchev–Trinajstić information content (AvgIpc) is 2.74. The molecule has 0 fully saturated rings. The van der Waals surface area contributed by atoms with E-state index in [1.54, 1.807) is 0 Å². The van der Waals surface area contributed by atoms with E-state index in [1.807, 2.05) is 0 Å². The number of hydrogen-bond donors (Lipinski definition) is 1. The minimum Gasteiger partial charge on any atom is -0.478 e.